The fourth-order valence-corrected chi connectivity index (χ4v) is 8.08. The van der Waals surface area contributed by atoms with Crippen LogP contribution in [0.2, 0.25) is 0 Å². The molecule has 0 aromatic heterocycles. The van der Waals surface area contributed by atoms with Gasteiger partial charge in [0.1, 0.15) is 31.8 Å². The van der Waals surface area contributed by atoms with Crippen LogP contribution in [0, 0.1) is 29.1 Å². The van der Waals surface area contributed by atoms with Crippen LogP contribution < -0.4 is 0 Å². The van der Waals surface area contributed by atoms with Gasteiger partial charge in [-0.3, -0.25) is 38.4 Å². The second-order valence-electron chi connectivity index (χ2n) is 13.1. The van der Waals surface area contributed by atoms with Gasteiger partial charge in [0.15, 0.2) is 0 Å². The van der Waals surface area contributed by atoms with Gasteiger partial charge >= 0.3 is 47.8 Å². The maximum absolute atomic E-state index is 12.9. The van der Waals surface area contributed by atoms with E-state index in [-0.39, 0.29) is 73.2 Å². The lowest BCUT2D eigenvalue weighted by Crippen LogP contribution is -2.44. The Morgan fingerprint density at radius 2 is 0.579 bits per heavy atom. The molecule has 0 radical (unpaired) electrons. The molecule has 0 fully saturated rings. The maximum atomic E-state index is 12.9. The van der Waals surface area contributed by atoms with Crippen molar-refractivity contribution in [1.29, 1.82) is 0 Å². The summed E-state index contributed by atoms with van der Waals surface area (Å²) in [4.78, 5) is 98.3. The summed E-state index contributed by atoms with van der Waals surface area (Å²) in [5, 5.41) is 0. The highest BCUT2D eigenvalue weighted by atomic mass is 32.2. The molecule has 0 amide bonds. The molecule has 0 saturated heterocycles. The Kier molecular flexibility index (Phi) is 30.5. The van der Waals surface area contributed by atoms with Gasteiger partial charge in [0.25, 0.3) is 0 Å². The number of methoxy groups -OCH3 is 4. The van der Waals surface area contributed by atoms with Crippen LogP contribution in [-0.4, -0.2) is 149 Å². The van der Waals surface area contributed by atoms with Crippen molar-refractivity contribution < 1.29 is 76.3 Å². The molecule has 4 unspecified atom stereocenters. The molecule has 57 heavy (non-hydrogen) atoms. The summed E-state index contributed by atoms with van der Waals surface area (Å²) >= 11 is 5.43. The second-order valence-corrected chi connectivity index (χ2v) is 17.7. The van der Waals surface area contributed by atoms with Gasteiger partial charge < -0.3 is 37.9 Å². The van der Waals surface area contributed by atoms with Gasteiger partial charge in [-0.25, -0.2) is 0 Å². The van der Waals surface area contributed by atoms with Crippen LogP contribution in [0.15, 0.2) is 0 Å². The summed E-state index contributed by atoms with van der Waals surface area (Å²) in [5.74, 6) is -2.44. The third kappa shape index (κ3) is 26.0. The molecule has 0 spiro atoms. The molecule has 0 aliphatic heterocycles. The molecule has 0 N–H and O–H groups in total. The van der Waals surface area contributed by atoms with E-state index in [4.69, 9.17) is 37.9 Å². The molecule has 0 aromatic rings. The summed E-state index contributed by atoms with van der Waals surface area (Å²) < 4.78 is 41.3. The lowest BCUT2D eigenvalue weighted by atomic mass is 9.92. The standard InChI is InChI=1S/C37H60O16S4/c1-25(33(42)46-5)17-54-13-9-29(38)50-21-37(22-51-30(39)10-14-55-18-26(2)34(43)47-6,23-52-31(40)11-15-56-19-27(3)35(44)48-7)24-53-32(41)12-16-57-20-28(4)36(45)49-8/h25-28H,9-24H2,1-8H3. The van der Waals surface area contributed by atoms with Crippen LogP contribution in [0.5, 0.6) is 0 Å². The van der Waals surface area contributed by atoms with Crippen LogP contribution >= 0.6 is 47.0 Å². The largest absolute Gasteiger partial charge is 0.469 e. The van der Waals surface area contributed by atoms with Crippen LogP contribution in [0.4, 0.5) is 0 Å². The Balaban J connectivity index is 5.85. The van der Waals surface area contributed by atoms with Crippen molar-refractivity contribution in [3.8, 4) is 0 Å². The Bertz CT molecular complexity index is 1080. The van der Waals surface area contributed by atoms with Crippen molar-refractivity contribution in [3.63, 3.8) is 0 Å². The minimum absolute atomic E-state index is 0.0301. The fourth-order valence-electron chi connectivity index (χ4n) is 4.21. The van der Waals surface area contributed by atoms with Gasteiger partial charge in [0.2, 0.25) is 0 Å². The van der Waals surface area contributed by atoms with Crippen molar-refractivity contribution in [2.24, 2.45) is 29.1 Å². The number of carbonyl (C=O) groups excluding carboxylic acids is 8. The molecule has 4 atom stereocenters. The first-order valence-electron chi connectivity index (χ1n) is 18.3. The lowest BCUT2D eigenvalue weighted by Gasteiger charge is -2.31. The first-order valence-corrected chi connectivity index (χ1v) is 22.9. The second kappa shape index (κ2) is 32.1. The van der Waals surface area contributed by atoms with Gasteiger partial charge in [0.05, 0.1) is 77.8 Å². The van der Waals surface area contributed by atoms with E-state index in [0.29, 0.717) is 46.0 Å². The Hall–Kier alpha value is -2.84. The molecule has 328 valence electrons. The Labute approximate surface area is 353 Å². The molecule has 0 rings (SSSR count). The fraction of sp³-hybridized carbons (Fsp3) is 0.784. The van der Waals surface area contributed by atoms with Crippen LogP contribution in [0.3, 0.4) is 0 Å². The average molecular weight is 889 g/mol. The van der Waals surface area contributed by atoms with Gasteiger partial charge in [-0.2, -0.15) is 47.0 Å². The van der Waals surface area contributed by atoms with Crippen molar-refractivity contribution in [2.45, 2.75) is 53.4 Å². The van der Waals surface area contributed by atoms with E-state index < -0.39 is 55.7 Å². The quantitative estimate of drug-likeness (QED) is 0.0533. The van der Waals surface area contributed by atoms with Gasteiger partial charge in [0, 0.05) is 46.0 Å². The van der Waals surface area contributed by atoms with Gasteiger partial charge in [-0.05, 0) is 0 Å². The highest BCUT2D eigenvalue weighted by Crippen LogP contribution is 2.24. The Morgan fingerprint density at radius 3 is 0.754 bits per heavy atom. The number of rotatable bonds is 32. The highest BCUT2D eigenvalue weighted by molar-refractivity contribution is 7.99. The van der Waals surface area contributed by atoms with E-state index in [2.05, 4.69) is 0 Å². The molecule has 0 saturated carbocycles. The van der Waals surface area contributed by atoms with Crippen molar-refractivity contribution in [2.75, 3.05) is 101 Å². The number of hydrogen-bond acceptors (Lipinski definition) is 20. The van der Waals surface area contributed by atoms with Crippen molar-refractivity contribution in [1.82, 2.24) is 0 Å². The average Bonchev–Trinajstić information content (AvgIpc) is 3.21. The van der Waals surface area contributed by atoms with E-state index in [1.54, 1.807) is 27.7 Å². The van der Waals surface area contributed by atoms with Crippen LogP contribution in [0.1, 0.15) is 53.4 Å². The zero-order valence-electron chi connectivity index (χ0n) is 34.3. The van der Waals surface area contributed by atoms with E-state index in [1.165, 1.54) is 75.5 Å². The first kappa shape index (κ1) is 54.2. The van der Waals surface area contributed by atoms with Crippen molar-refractivity contribution in [3.05, 3.63) is 0 Å². The number of thioether (sulfide) groups is 4. The summed E-state index contributed by atoms with van der Waals surface area (Å²) in [6, 6.07) is 0. The maximum Gasteiger partial charge on any atom is 0.309 e. The predicted molar refractivity (Wildman–Crippen MR) is 219 cm³/mol. The van der Waals surface area contributed by atoms with Gasteiger partial charge in [-0.15, -0.1) is 0 Å². The molecule has 0 aliphatic carbocycles. The SMILES string of the molecule is COC(=O)C(C)CSCCC(=O)OCC(COC(=O)CCSCC(C)C(=O)OC)(COC(=O)CCSCC(C)C(=O)OC)COC(=O)CCSCC(C)C(=O)OC. The van der Waals surface area contributed by atoms with E-state index in [1.807, 2.05) is 0 Å². The molecule has 0 aromatic carbocycles. The Morgan fingerprint density at radius 1 is 0.386 bits per heavy atom. The molecule has 0 bridgehead atoms. The molecule has 20 heteroatoms. The summed E-state index contributed by atoms with van der Waals surface area (Å²) in [6.07, 6.45) is -0.120. The van der Waals surface area contributed by atoms with E-state index in [0.717, 1.165) is 0 Å². The third-order valence-corrected chi connectivity index (χ3v) is 12.8. The first-order chi connectivity index (χ1) is 27.0. The highest BCUT2D eigenvalue weighted by Gasteiger charge is 2.38. The smallest absolute Gasteiger partial charge is 0.309 e. The lowest BCUT2D eigenvalue weighted by molar-refractivity contribution is -0.170. The normalized spacial score (nSPS) is 14.0. The summed E-state index contributed by atoms with van der Waals surface area (Å²) in [5.41, 5.74) is -1.49. The minimum atomic E-state index is -1.49. The predicted octanol–water partition coefficient (Wildman–Crippen LogP) is 3.88. The molecule has 0 heterocycles. The van der Waals surface area contributed by atoms with Crippen molar-refractivity contribution >= 4 is 94.8 Å². The number of esters is 8. The minimum Gasteiger partial charge on any atom is -0.469 e. The topological polar surface area (TPSA) is 210 Å². The molecule has 0 aliphatic rings. The third-order valence-electron chi connectivity index (χ3n) is 7.85. The zero-order valence-corrected chi connectivity index (χ0v) is 37.6. The number of hydrogen-bond donors (Lipinski definition) is 0. The summed E-state index contributed by atoms with van der Waals surface area (Å²) in [6.45, 7) is 5.08. The molecule has 16 nitrogen and oxygen atoms in total. The molecular weight excluding hydrogens is 829 g/mol. The number of carbonyl (C=O) groups is 8. The molecular formula is C37H60O16S4. The van der Waals surface area contributed by atoms with Crippen LogP contribution in [-0.2, 0) is 76.3 Å². The monoisotopic (exact) mass is 888 g/mol. The zero-order chi connectivity index (χ0) is 43.2. The van der Waals surface area contributed by atoms with Crippen LogP contribution in [0.25, 0.3) is 0 Å². The van der Waals surface area contributed by atoms with Gasteiger partial charge in [-0.1, -0.05) is 27.7 Å². The van der Waals surface area contributed by atoms with E-state index >= 15 is 0 Å². The van der Waals surface area contributed by atoms with E-state index in [9.17, 15) is 38.4 Å². The summed E-state index contributed by atoms with van der Waals surface area (Å²) in [7, 11) is 5.19. The number of ether oxygens (including phenoxy) is 8.